The Morgan fingerprint density at radius 2 is 1.76 bits per heavy atom. The Hall–Kier alpha value is -0.525. The Kier molecular flexibility index (Phi) is 6.02. The van der Waals surface area contributed by atoms with Gasteiger partial charge in [-0.05, 0) is 71.2 Å². The molecule has 0 radical (unpaired) electrons. The molecular formula is C18H30BF3O3. The zero-order chi connectivity index (χ0) is 18.9. The second-order valence-corrected chi connectivity index (χ2v) is 8.32. The minimum atomic E-state index is -4.13. The highest BCUT2D eigenvalue weighted by atomic mass is 19.4. The number of rotatable bonds is 6. The molecule has 1 aliphatic heterocycles. The molecule has 1 unspecified atom stereocenters. The molecule has 0 amide bonds. The van der Waals surface area contributed by atoms with Gasteiger partial charge in [0.15, 0.2) is 0 Å². The quantitative estimate of drug-likeness (QED) is 0.616. The molecule has 144 valence electrons. The number of allylic oxidation sites excluding steroid dienone is 2. The van der Waals surface area contributed by atoms with Crippen molar-refractivity contribution in [2.75, 3.05) is 13.2 Å². The number of ether oxygens (including phenoxy) is 1. The molecule has 1 aliphatic carbocycles. The van der Waals surface area contributed by atoms with Crippen molar-refractivity contribution in [2.45, 2.75) is 84.1 Å². The third-order valence-corrected chi connectivity index (χ3v) is 5.85. The van der Waals surface area contributed by atoms with Crippen molar-refractivity contribution >= 4 is 7.12 Å². The van der Waals surface area contributed by atoms with E-state index in [1.807, 2.05) is 40.7 Å². The van der Waals surface area contributed by atoms with Crippen LogP contribution in [-0.4, -0.2) is 37.7 Å². The molecule has 0 aromatic heterocycles. The molecule has 1 heterocycles. The molecule has 0 saturated carbocycles. The second-order valence-electron chi connectivity index (χ2n) is 8.32. The molecule has 3 nitrogen and oxygen atoms in total. The Morgan fingerprint density at radius 3 is 2.20 bits per heavy atom. The maximum absolute atomic E-state index is 12.7. The van der Waals surface area contributed by atoms with E-state index in [0.717, 1.165) is 5.47 Å². The maximum atomic E-state index is 12.7. The maximum Gasteiger partial charge on any atom is 0.490 e. The Balaban J connectivity index is 2.06. The van der Waals surface area contributed by atoms with Crippen LogP contribution in [-0.2, 0) is 14.0 Å². The molecule has 2 aliphatic rings. The zero-order valence-electron chi connectivity index (χ0n) is 16.0. The first-order valence-electron chi connectivity index (χ1n) is 9.09. The van der Waals surface area contributed by atoms with Gasteiger partial charge in [-0.1, -0.05) is 6.08 Å². The molecule has 2 rings (SSSR count). The zero-order valence-corrected chi connectivity index (χ0v) is 16.0. The Bertz CT molecular complexity index is 486. The molecule has 0 N–H and O–H groups in total. The van der Waals surface area contributed by atoms with Crippen LogP contribution in [0.15, 0.2) is 11.5 Å². The van der Waals surface area contributed by atoms with Crippen molar-refractivity contribution in [3.8, 4) is 0 Å². The summed E-state index contributed by atoms with van der Waals surface area (Å²) in [6.07, 6.45) is -0.859. The fourth-order valence-electron chi connectivity index (χ4n) is 3.33. The summed E-state index contributed by atoms with van der Waals surface area (Å²) in [6.45, 7) is 10.7. The molecule has 1 saturated heterocycles. The van der Waals surface area contributed by atoms with Crippen LogP contribution in [0.5, 0.6) is 0 Å². The van der Waals surface area contributed by atoms with Crippen molar-refractivity contribution in [3.05, 3.63) is 11.5 Å². The van der Waals surface area contributed by atoms with Gasteiger partial charge in [0.05, 0.1) is 17.8 Å². The van der Waals surface area contributed by atoms with Gasteiger partial charge in [-0.25, -0.2) is 0 Å². The van der Waals surface area contributed by atoms with Crippen molar-refractivity contribution in [1.82, 2.24) is 0 Å². The first-order valence-corrected chi connectivity index (χ1v) is 9.09. The molecule has 1 fully saturated rings. The van der Waals surface area contributed by atoms with E-state index >= 15 is 0 Å². The largest absolute Gasteiger partial charge is 0.490 e. The van der Waals surface area contributed by atoms with Crippen LogP contribution in [0.4, 0.5) is 13.2 Å². The van der Waals surface area contributed by atoms with E-state index in [4.69, 9.17) is 14.0 Å². The molecular weight excluding hydrogens is 332 g/mol. The molecule has 0 aromatic rings. The molecule has 0 aromatic carbocycles. The van der Waals surface area contributed by atoms with Crippen LogP contribution >= 0.6 is 0 Å². The normalized spacial score (nSPS) is 29.0. The van der Waals surface area contributed by atoms with E-state index in [9.17, 15) is 13.2 Å². The van der Waals surface area contributed by atoms with E-state index in [2.05, 4.69) is 0 Å². The summed E-state index contributed by atoms with van der Waals surface area (Å²) >= 11 is 0. The van der Waals surface area contributed by atoms with Crippen LogP contribution in [0.3, 0.4) is 0 Å². The standard InChI is InChI=1S/C18H30BF3O3/c1-6-23-13-17(11-12-18(20,21)22)9-7-14(8-10-17)19-24-15(2,3)16(4,5)25-19/h7H,6,8-13H2,1-5H3. The monoisotopic (exact) mass is 362 g/mol. The smallest absolute Gasteiger partial charge is 0.400 e. The van der Waals surface area contributed by atoms with E-state index in [1.165, 1.54) is 0 Å². The predicted octanol–water partition coefficient (Wildman–Crippen LogP) is 5.09. The van der Waals surface area contributed by atoms with E-state index < -0.39 is 36.3 Å². The third kappa shape index (κ3) is 5.01. The van der Waals surface area contributed by atoms with E-state index in [1.54, 1.807) is 0 Å². The minimum absolute atomic E-state index is 0.101. The lowest BCUT2D eigenvalue weighted by Gasteiger charge is -2.37. The van der Waals surface area contributed by atoms with Gasteiger partial charge in [0.1, 0.15) is 0 Å². The van der Waals surface area contributed by atoms with Crippen LogP contribution in [0.2, 0.25) is 0 Å². The molecule has 1 atom stereocenters. The summed E-state index contributed by atoms with van der Waals surface area (Å²) in [6, 6.07) is 0. The van der Waals surface area contributed by atoms with Gasteiger partial charge < -0.3 is 14.0 Å². The predicted molar refractivity (Wildman–Crippen MR) is 92.2 cm³/mol. The Morgan fingerprint density at radius 1 is 1.16 bits per heavy atom. The summed E-state index contributed by atoms with van der Waals surface area (Å²) in [4.78, 5) is 0. The molecule has 0 bridgehead atoms. The number of halogens is 3. The first-order chi connectivity index (χ1) is 11.4. The van der Waals surface area contributed by atoms with Crippen molar-refractivity contribution in [3.63, 3.8) is 0 Å². The molecule has 25 heavy (non-hydrogen) atoms. The number of hydrogen-bond donors (Lipinski definition) is 0. The van der Waals surface area contributed by atoms with Gasteiger partial charge in [-0.3, -0.25) is 0 Å². The van der Waals surface area contributed by atoms with Crippen molar-refractivity contribution in [2.24, 2.45) is 5.41 Å². The lowest BCUT2D eigenvalue weighted by Crippen LogP contribution is -2.41. The lowest BCUT2D eigenvalue weighted by atomic mass is 9.64. The van der Waals surface area contributed by atoms with Gasteiger partial charge in [0.2, 0.25) is 0 Å². The van der Waals surface area contributed by atoms with Crippen molar-refractivity contribution in [1.29, 1.82) is 0 Å². The molecule has 7 heteroatoms. The lowest BCUT2D eigenvalue weighted by molar-refractivity contribution is -0.143. The van der Waals surface area contributed by atoms with Crippen LogP contribution in [0.1, 0.15) is 66.7 Å². The highest BCUT2D eigenvalue weighted by molar-refractivity contribution is 6.54. The fraction of sp³-hybridized carbons (Fsp3) is 0.889. The summed E-state index contributed by atoms with van der Waals surface area (Å²) in [5, 5.41) is 0. The fourth-order valence-corrected chi connectivity index (χ4v) is 3.33. The average molecular weight is 362 g/mol. The third-order valence-electron chi connectivity index (χ3n) is 5.85. The van der Waals surface area contributed by atoms with Gasteiger partial charge >= 0.3 is 13.3 Å². The Labute approximate surface area is 149 Å². The minimum Gasteiger partial charge on any atom is -0.400 e. The van der Waals surface area contributed by atoms with Crippen LogP contribution < -0.4 is 0 Å². The van der Waals surface area contributed by atoms with Crippen LogP contribution in [0, 0.1) is 5.41 Å². The van der Waals surface area contributed by atoms with Gasteiger partial charge in [0.25, 0.3) is 0 Å². The van der Waals surface area contributed by atoms with Gasteiger partial charge in [0, 0.05) is 13.0 Å². The van der Waals surface area contributed by atoms with Crippen LogP contribution in [0.25, 0.3) is 0 Å². The molecule has 0 spiro atoms. The van der Waals surface area contributed by atoms with Gasteiger partial charge in [-0.15, -0.1) is 0 Å². The first kappa shape index (κ1) is 20.8. The highest BCUT2D eigenvalue weighted by Gasteiger charge is 2.53. The summed E-state index contributed by atoms with van der Waals surface area (Å²) in [5.74, 6) is 0. The van der Waals surface area contributed by atoms with Crippen molar-refractivity contribution < 1.29 is 27.2 Å². The van der Waals surface area contributed by atoms with E-state index in [0.29, 0.717) is 32.5 Å². The number of alkyl halides is 3. The average Bonchev–Trinajstić information content (AvgIpc) is 2.71. The second kappa shape index (κ2) is 7.24. The van der Waals surface area contributed by atoms with E-state index in [-0.39, 0.29) is 6.42 Å². The number of hydrogen-bond acceptors (Lipinski definition) is 3. The SMILES string of the molecule is CCOCC1(CCC(F)(F)F)CC=C(B2OC(C)(C)C(C)(C)O2)CC1. The summed E-state index contributed by atoms with van der Waals surface area (Å²) in [5.41, 5.74) is -0.222. The summed E-state index contributed by atoms with van der Waals surface area (Å²) in [7, 11) is -0.405. The topological polar surface area (TPSA) is 27.7 Å². The highest BCUT2D eigenvalue weighted by Crippen LogP contribution is 2.45. The summed E-state index contributed by atoms with van der Waals surface area (Å²) < 4.78 is 55.7. The van der Waals surface area contributed by atoms with Gasteiger partial charge in [-0.2, -0.15) is 13.2 Å².